The molecule has 1 heterocycles. The molecule has 1 N–H and O–H groups in total. The molecular weight excluding hydrogens is 236 g/mol. The number of hydrogen-bond donors (Lipinski definition) is 1. The SMILES string of the molecule is CSc1ccc(-c2[nH]n(C)c(=O)c2C=O)cc1. The third kappa shape index (κ3) is 2.06. The number of aldehydes is 1. The first-order valence-corrected chi connectivity index (χ1v) is 6.28. The van der Waals surface area contributed by atoms with Crippen molar-refractivity contribution >= 4 is 18.0 Å². The summed E-state index contributed by atoms with van der Waals surface area (Å²) in [6.45, 7) is 0. The zero-order valence-corrected chi connectivity index (χ0v) is 10.4. The number of carbonyl (C=O) groups is 1. The van der Waals surface area contributed by atoms with Crippen LogP contribution < -0.4 is 5.56 Å². The number of nitrogens with one attached hydrogen (secondary N) is 1. The normalized spacial score (nSPS) is 10.5. The predicted octanol–water partition coefficient (Wildman–Crippen LogP) is 1.91. The molecule has 0 saturated heterocycles. The Hall–Kier alpha value is -1.75. The summed E-state index contributed by atoms with van der Waals surface area (Å²) in [5.41, 5.74) is 1.27. The van der Waals surface area contributed by atoms with Gasteiger partial charge in [0, 0.05) is 17.5 Å². The molecule has 0 unspecified atom stereocenters. The maximum atomic E-state index is 11.6. The van der Waals surface area contributed by atoms with E-state index in [0.29, 0.717) is 12.0 Å². The molecule has 0 saturated carbocycles. The van der Waals surface area contributed by atoms with E-state index in [1.807, 2.05) is 30.5 Å². The zero-order chi connectivity index (χ0) is 12.4. The molecule has 4 nitrogen and oxygen atoms in total. The highest BCUT2D eigenvalue weighted by atomic mass is 32.2. The molecule has 88 valence electrons. The fourth-order valence-corrected chi connectivity index (χ4v) is 2.06. The van der Waals surface area contributed by atoms with Gasteiger partial charge in [-0.2, -0.15) is 0 Å². The number of carbonyl (C=O) groups excluding carboxylic acids is 1. The Bertz CT molecular complexity index is 596. The molecule has 5 heteroatoms. The van der Waals surface area contributed by atoms with Crippen LogP contribution in [0.2, 0.25) is 0 Å². The number of rotatable bonds is 3. The molecule has 1 aromatic carbocycles. The Morgan fingerprint density at radius 3 is 2.47 bits per heavy atom. The van der Waals surface area contributed by atoms with E-state index >= 15 is 0 Å². The first-order valence-electron chi connectivity index (χ1n) is 5.06. The standard InChI is InChI=1S/C12H12N2O2S/c1-14-12(16)10(7-15)11(13-14)8-3-5-9(17-2)6-4-8/h3-7,13H,1-2H3. The summed E-state index contributed by atoms with van der Waals surface area (Å²) in [6.07, 6.45) is 2.59. The first kappa shape index (κ1) is 11.7. The van der Waals surface area contributed by atoms with Crippen LogP contribution >= 0.6 is 11.8 Å². The Morgan fingerprint density at radius 1 is 1.29 bits per heavy atom. The summed E-state index contributed by atoms with van der Waals surface area (Å²) in [5.74, 6) is 0. The Morgan fingerprint density at radius 2 is 1.94 bits per heavy atom. The Balaban J connectivity index is 2.56. The number of H-pyrrole nitrogens is 1. The van der Waals surface area contributed by atoms with Gasteiger partial charge in [0.25, 0.3) is 5.56 Å². The second-order valence-electron chi connectivity index (χ2n) is 3.61. The van der Waals surface area contributed by atoms with E-state index in [2.05, 4.69) is 5.10 Å². The molecular formula is C12H12N2O2S. The summed E-state index contributed by atoms with van der Waals surface area (Å²) in [4.78, 5) is 23.7. The van der Waals surface area contributed by atoms with Gasteiger partial charge in [-0.05, 0) is 18.4 Å². The van der Waals surface area contributed by atoms with Crippen LogP contribution in [0, 0.1) is 0 Å². The van der Waals surface area contributed by atoms with Crippen LogP contribution in [0.1, 0.15) is 10.4 Å². The lowest BCUT2D eigenvalue weighted by molar-refractivity contribution is 0.112. The maximum Gasteiger partial charge on any atom is 0.277 e. The van der Waals surface area contributed by atoms with E-state index in [1.165, 1.54) is 4.68 Å². The third-order valence-corrected chi connectivity index (χ3v) is 3.32. The van der Waals surface area contributed by atoms with Crippen LogP contribution in [-0.4, -0.2) is 22.3 Å². The maximum absolute atomic E-state index is 11.6. The van der Waals surface area contributed by atoms with Crippen molar-refractivity contribution in [2.45, 2.75) is 4.90 Å². The summed E-state index contributed by atoms with van der Waals surface area (Å²) in [7, 11) is 1.59. The van der Waals surface area contributed by atoms with E-state index < -0.39 is 0 Å². The van der Waals surface area contributed by atoms with Crippen molar-refractivity contribution in [2.24, 2.45) is 7.05 Å². The third-order valence-electron chi connectivity index (χ3n) is 2.58. The van der Waals surface area contributed by atoms with E-state index in [0.717, 1.165) is 10.5 Å². The van der Waals surface area contributed by atoms with Crippen molar-refractivity contribution in [2.75, 3.05) is 6.26 Å². The summed E-state index contributed by atoms with van der Waals surface area (Å²) in [6, 6.07) is 7.70. The summed E-state index contributed by atoms with van der Waals surface area (Å²) >= 11 is 1.64. The van der Waals surface area contributed by atoms with Gasteiger partial charge in [-0.3, -0.25) is 19.4 Å². The van der Waals surface area contributed by atoms with Gasteiger partial charge in [-0.1, -0.05) is 12.1 Å². The number of aromatic amines is 1. The van der Waals surface area contributed by atoms with Crippen LogP contribution in [0.15, 0.2) is 34.0 Å². The molecule has 0 aliphatic carbocycles. The second-order valence-corrected chi connectivity index (χ2v) is 4.49. The number of benzene rings is 1. The lowest BCUT2D eigenvalue weighted by Crippen LogP contribution is -2.14. The zero-order valence-electron chi connectivity index (χ0n) is 9.56. The smallest absolute Gasteiger partial charge is 0.277 e. The van der Waals surface area contributed by atoms with Crippen LogP contribution in [0.25, 0.3) is 11.3 Å². The monoisotopic (exact) mass is 248 g/mol. The summed E-state index contributed by atoms with van der Waals surface area (Å²) < 4.78 is 1.31. The molecule has 0 aliphatic rings. The highest BCUT2D eigenvalue weighted by Gasteiger charge is 2.12. The minimum Gasteiger partial charge on any atom is -0.298 e. The summed E-state index contributed by atoms with van der Waals surface area (Å²) in [5, 5.41) is 2.88. The average molecular weight is 248 g/mol. The first-order chi connectivity index (χ1) is 8.17. The van der Waals surface area contributed by atoms with E-state index in [4.69, 9.17) is 0 Å². The largest absolute Gasteiger partial charge is 0.298 e. The van der Waals surface area contributed by atoms with Crippen LogP contribution in [-0.2, 0) is 7.05 Å². The van der Waals surface area contributed by atoms with Gasteiger partial charge in [0.15, 0.2) is 6.29 Å². The van der Waals surface area contributed by atoms with Crippen LogP contribution in [0.5, 0.6) is 0 Å². The molecule has 0 fully saturated rings. The second kappa shape index (κ2) is 4.63. The van der Waals surface area contributed by atoms with Gasteiger partial charge in [-0.15, -0.1) is 11.8 Å². The molecule has 0 bridgehead atoms. The number of hydrogen-bond acceptors (Lipinski definition) is 3. The van der Waals surface area contributed by atoms with Crippen molar-refractivity contribution < 1.29 is 4.79 Å². The van der Waals surface area contributed by atoms with Crippen molar-refractivity contribution in [1.29, 1.82) is 0 Å². The van der Waals surface area contributed by atoms with Crippen molar-refractivity contribution in [3.8, 4) is 11.3 Å². The lowest BCUT2D eigenvalue weighted by atomic mass is 10.1. The van der Waals surface area contributed by atoms with E-state index in [9.17, 15) is 9.59 Å². The van der Waals surface area contributed by atoms with Crippen molar-refractivity contribution in [3.63, 3.8) is 0 Å². The number of thioether (sulfide) groups is 1. The lowest BCUT2D eigenvalue weighted by Gasteiger charge is -2.00. The molecule has 1 aromatic heterocycles. The van der Waals surface area contributed by atoms with E-state index in [1.54, 1.807) is 18.8 Å². The quantitative estimate of drug-likeness (QED) is 0.667. The van der Waals surface area contributed by atoms with Crippen LogP contribution in [0.4, 0.5) is 0 Å². The molecule has 2 aromatic rings. The minimum atomic E-state index is -0.302. The Labute approximate surface area is 103 Å². The number of aryl methyl sites for hydroxylation is 1. The van der Waals surface area contributed by atoms with E-state index in [-0.39, 0.29) is 11.1 Å². The predicted molar refractivity (Wildman–Crippen MR) is 68.6 cm³/mol. The number of aromatic nitrogens is 2. The number of nitrogens with zero attached hydrogens (tertiary/aromatic N) is 1. The average Bonchev–Trinajstić information content (AvgIpc) is 2.65. The van der Waals surface area contributed by atoms with Gasteiger partial charge in [-0.25, -0.2) is 0 Å². The van der Waals surface area contributed by atoms with Gasteiger partial charge in [0.05, 0.1) is 5.69 Å². The fraction of sp³-hybridized carbons (Fsp3) is 0.167. The molecule has 17 heavy (non-hydrogen) atoms. The fourth-order valence-electron chi connectivity index (χ4n) is 1.65. The van der Waals surface area contributed by atoms with Crippen LogP contribution in [0.3, 0.4) is 0 Å². The van der Waals surface area contributed by atoms with Gasteiger partial charge >= 0.3 is 0 Å². The van der Waals surface area contributed by atoms with Gasteiger partial charge < -0.3 is 0 Å². The Kier molecular flexibility index (Phi) is 3.19. The molecule has 0 atom stereocenters. The topological polar surface area (TPSA) is 54.9 Å². The molecule has 0 amide bonds. The highest BCUT2D eigenvalue weighted by molar-refractivity contribution is 7.98. The molecule has 0 aliphatic heterocycles. The van der Waals surface area contributed by atoms with Crippen molar-refractivity contribution in [1.82, 2.24) is 9.78 Å². The van der Waals surface area contributed by atoms with Gasteiger partial charge in [0.2, 0.25) is 0 Å². The molecule has 0 radical (unpaired) electrons. The molecule has 2 rings (SSSR count). The minimum absolute atomic E-state index is 0.171. The highest BCUT2D eigenvalue weighted by Crippen LogP contribution is 2.22. The van der Waals surface area contributed by atoms with Gasteiger partial charge in [0.1, 0.15) is 5.56 Å². The van der Waals surface area contributed by atoms with Crippen molar-refractivity contribution in [3.05, 3.63) is 40.2 Å². The molecule has 0 spiro atoms.